The van der Waals surface area contributed by atoms with Crippen LogP contribution in [-0.4, -0.2) is 13.7 Å². The van der Waals surface area contributed by atoms with Gasteiger partial charge in [-0.3, -0.25) is 0 Å². The van der Waals surface area contributed by atoms with Crippen molar-refractivity contribution in [3.05, 3.63) is 27.7 Å². The number of ether oxygens (including phenoxy) is 1. The fourth-order valence-electron chi connectivity index (χ4n) is 2.59. The summed E-state index contributed by atoms with van der Waals surface area (Å²) in [5.74, 6) is 1.03. The highest BCUT2D eigenvalue weighted by molar-refractivity contribution is 9.10. The van der Waals surface area contributed by atoms with Gasteiger partial charge in [-0.2, -0.15) is 0 Å². The maximum absolute atomic E-state index is 5.47. The Labute approximate surface area is 112 Å². The lowest BCUT2D eigenvalue weighted by molar-refractivity contribution is 0.395. The van der Waals surface area contributed by atoms with Gasteiger partial charge < -0.3 is 10.1 Å². The first-order valence-electron chi connectivity index (χ1n) is 6.36. The van der Waals surface area contributed by atoms with Gasteiger partial charge in [0.2, 0.25) is 0 Å². The van der Waals surface area contributed by atoms with E-state index < -0.39 is 0 Å². The van der Waals surface area contributed by atoms with Crippen LogP contribution in [0.15, 0.2) is 16.6 Å². The Morgan fingerprint density at radius 1 is 1.47 bits per heavy atom. The van der Waals surface area contributed by atoms with Crippen LogP contribution in [0.4, 0.5) is 0 Å². The zero-order valence-corrected chi connectivity index (χ0v) is 12.1. The molecular formula is C14H20BrNO. The molecule has 1 N–H and O–H groups in total. The van der Waals surface area contributed by atoms with Crippen molar-refractivity contribution in [1.82, 2.24) is 5.32 Å². The van der Waals surface area contributed by atoms with Crippen LogP contribution >= 0.6 is 15.9 Å². The predicted octanol–water partition coefficient (Wildman–Crippen LogP) is 3.83. The van der Waals surface area contributed by atoms with Gasteiger partial charge in [-0.1, -0.05) is 22.9 Å². The molecule has 1 aromatic rings. The number of hydrogen-bond acceptors (Lipinski definition) is 2. The van der Waals surface area contributed by atoms with Crippen LogP contribution in [0.1, 0.15) is 43.4 Å². The van der Waals surface area contributed by atoms with E-state index in [1.807, 2.05) is 0 Å². The number of nitrogens with one attached hydrogen (secondary N) is 1. The summed E-state index contributed by atoms with van der Waals surface area (Å²) >= 11 is 3.68. The smallest absolute Gasteiger partial charge is 0.122 e. The molecular weight excluding hydrogens is 278 g/mol. The molecule has 1 aliphatic carbocycles. The summed E-state index contributed by atoms with van der Waals surface area (Å²) in [4.78, 5) is 0. The van der Waals surface area contributed by atoms with E-state index in [1.165, 1.54) is 34.9 Å². The molecule has 1 unspecified atom stereocenters. The van der Waals surface area contributed by atoms with Gasteiger partial charge in [0.1, 0.15) is 5.75 Å². The molecule has 0 saturated carbocycles. The SMILES string of the molecule is CCCNC1CCCc2c(OC)ccc(Br)c21. The first kappa shape index (κ1) is 12.9. The van der Waals surface area contributed by atoms with Gasteiger partial charge in [-0.05, 0) is 55.5 Å². The third-order valence-corrected chi connectivity index (χ3v) is 4.08. The molecule has 0 bridgehead atoms. The molecule has 0 aliphatic heterocycles. The number of hydrogen-bond donors (Lipinski definition) is 1. The zero-order valence-electron chi connectivity index (χ0n) is 10.6. The van der Waals surface area contributed by atoms with Crippen LogP contribution in [-0.2, 0) is 6.42 Å². The minimum Gasteiger partial charge on any atom is -0.496 e. The Hall–Kier alpha value is -0.540. The molecule has 0 heterocycles. The minimum absolute atomic E-state index is 0.475. The minimum atomic E-state index is 0.475. The van der Waals surface area contributed by atoms with Crippen molar-refractivity contribution in [2.45, 2.75) is 38.6 Å². The second-order valence-electron chi connectivity index (χ2n) is 4.54. The van der Waals surface area contributed by atoms with E-state index in [-0.39, 0.29) is 0 Å². The molecule has 2 rings (SSSR count). The van der Waals surface area contributed by atoms with Gasteiger partial charge in [0, 0.05) is 10.5 Å². The van der Waals surface area contributed by atoms with E-state index in [1.54, 1.807) is 7.11 Å². The fraction of sp³-hybridized carbons (Fsp3) is 0.571. The summed E-state index contributed by atoms with van der Waals surface area (Å²) in [6.07, 6.45) is 4.76. The molecule has 94 valence electrons. The van der Waals surface area contributed by atoms with Crippen molar-refractivity contribution in [3.8, 4) is 5.75 Å². The van der Waals surface area contributed by atoms with E-state index in [9.17, 15) is 0 Å². The lowest BCUT2D eigenvalue weighted by Gasteiger charge is -2.29. The summed E-state index contributed by atoms with van der Waals surface area (Å²) in [6.45, 7) is 3.28. The monoisotopic (exact) mass is 297 g/mol. The highest BCUT2D eigenvalue weighted by atomic mass is 79.9. The summed E-state index contributed by atoms with van der Waals surface area (Å²) < 4.78 is 6.68. The Morgan fingerprint density at radius 2 is 2.29 bits per heavy atom. The van der Waals surface area contributed by atoms with Crippen molar-refractivity contribution in [2.24, 2.45) is 0 Å². The van der Waals surface area contributed by atoms with Crippen molar-refractivity contribution >= 4 is 15.9 Å². The zero-order chi connectivity index (χ0) is 12.3. The Kier molecular flexibility index (Phi) is 4.46. The maximum atomic E-state index is 5.47. The van der Waals surface area contributed by atoms with E-state index in [2.05, 4.69) is 40.3 Å². The molecule has 0 spiro atoms. The topological polar surface area (TPSA) is 21.3 Å². The lowest BCUT2D eigenvalue weighted by atomic mass is 9.87. The standard InChI is InChI=1S/C14H20BrNO/c1-3-9-16-12-6-4-5-10-13(17-2)8-7-11(15)14(10)12/h7-8,12,16H,3-6,9H2,1-2H3. The largest absolute Gasteiger partial charge is 0.496 e. The molecule has 1 aliphatic rings. The van der Waals surface area contributed by atoms with E-state index in [0.717, 1.165) is 18.7 Å². The number of methoxy groups -OCH3 is 1. The second-order valence-corrected chi connectivity index (χ2v) is 5.40. The van der Waals surface area contributed by atoms with Gasteiger partial charge in [-0.25, -0.2) is 0 Å². The van der Waals surface area contributed by atoms with E-state index in [4.69, 9.17) is 4.74 Å². The highest BCUT2D eigenvalue weighted by Gasteiger charge is 2.24. The van der Waals surface area contributed by atoms with Crippen LogP contribution in [0, 0.1) is 0 Å². The first-order chi connectivity index (χ1) is 8.27. The molecule has 0 aromatic heterocycles. The van der Waals surface area contributed by atoms with Crippen LogP contribution in [0.2, 0.25) is 0 Å². The summed E-state index contributed by atoms with van der Waals surface area (Å²) in [5.41, 5.74) is 2.78. The van der Waals surface area contributed by atoms with Gasteiger partial charge in [0.05, 0.1) is 7.11 Å². The van der Waals surface area contributed by atoms with Crippen molar-refractivity contribution in [1.29, 1.82) is 0 Å². The average Bonchev–Trinajstić information content (AvgIpc) is 2.36. The Balaban J connectivity index is 2.35. The maximum Gasteiger partial charge on any atom is 0.122 e. The molecule has 0 radical (unpaired) electrons. The number of halogens is 1. The third kappa shape index (κ3) is 2.66. The summed E-state index contributed by atoms with van der Waals surface area (Å²) in [6, 6.07) is 4.64. The predicted molar refractivity (Wildman–Crippen MR) is 74.7 cm³/mol. The molecule has 3 heteroatoms. The van der Waals surface area contributed by atoms with Crippen molar-refractivity contribution in [3.63, 3.8) is 0 Å². The molecule has 0 fully saturated rings. The average molecular weight is 298 g/mol. The van der Waals surface area contributed by atoms with Gasteiger partial charge in [-0.15, -0.1) is 0 Å². The first-order valence-corrected chi connectivity index (χ1v) is 7.15. The van der Waals surface area contributed by atoms with E-state index >= 15 is 0 Å². The highest BCUT2D eigenvalue weighted by Crippen LogP contribution is 2.39. The Morgan fingerprint density at radius 3 is 3.00 bits per heavy atom. The van der Waals surface area contributed by atoms with Crippen LogP contribution in [0.3, 0.4) is 0 Å². The molecule has 0 amide bonds. The third-order valence-electron chi connectivity index (χ3n) is 3.39. The second kappa shape index (κ2) is 5.87. The van der Waals surface area contributed by atoms with Crippen LogP contribution in [0.5, 0.6) is 5.75 Å². The van der Waals surface area contributed by atoms with Crippen molar-refractivity contribution < 1.29 is 4.74 Å². The fourth-order valence-corrected chi connectivity index (χ4v) is 3.24. The number of rotatable bonds is 4. The number of fused-ring (bicyclic) bond motifs is 1. The van der Waals surface area contributed by atoms with Crippen LogP contribution < -0.4 is 10.1 Å². The Bertz CT molecular complexity index is 392. The molecule has 2 nitrogen and oxygen atoms in total. The molecule has 17 heavy (non-hydrogen) atoms. The molecule has 1 atom stereocenters. The molecule has 0 saturated heterocycles. The van der Waals surface area contributed by atoms with Crippen LogP contribution in [0.25, 0.3) is 0 Å². The van der Waals surface area contributed by atoms with Gasteiger partial charge in [0.25, 0.3) is 0 Å². The lowest BCUT2D eigenvalue weighted by Crippen LogP contribution is -2.26. The summed E-state index contributed by atoms with van der Waals surface area (Å²) in [7, 11) is 1.76. The van der Waals surface area contributed by atoms with Gasteiger partial charge in [0.15, 0.2) is 0 Å². The molecule has 1 aromatic carbocycles. The van der Waals surface area contributed by atoms with Crippen molar-refractivity contribution in [2.75, 3.05) is 13.7 Å². The normalized spacial score (nSPS) is 18.9. The quantitative estimate of drug-likeness (QED) is 0.912. The van der Waals surface area contributed by atoms with Gasteiger partial charge >= 0.3 is 0 Å². The summed E-state index contributed by atoms with van der Waals surface area (Å²) in [5, 5.41) is 3.63. The van der Waals surface area contributed by atoms with E-state index in [0.29, 0.717) is 6.04 Å². The number of benzene rings is 1.